The van der Waals surface area contributed by atoms with Crippen LogP contribution in [-0.4, -0.2) is 28.2 Å². The van der Waals surface area contributed by atoms with Crippen LogP contribution in [0, 0.1) is 18.8 Å². The lowest BCUT2D eigenvalue weighted by molar-refractivity contribution is -0.140. The summed E-state index contributed by atoms with van der Waals surface area (Å²) < 4.78 is 0. The van der Waals surface area contributed by atoms with Crippen molar-refractivity contribution in [3.05, 3.63) is 65.5 Å². The van der Waals surface area contributed by atoms with E-state index in [2.05, 4.69) is 41.5 Å². The van der Waals surface area contributed by atoms with Gasteiger partial charge in [0.1, 0.15) is 0 Å². The molecule has 0 bridgehead atoms. The molecule has 5 heteroatoms. The molecule has 1 saturated heterocycles. The second-order valence-electron chi connectivity index (χ2n) is 8.05. The third kappa shape index (κ3) is 4.24. The highest BCUT2D eigenvalue weighted by Crippen LogP contribution is 2.39. The Labute approximate surface area is 166 Å². The van der Waals surface area contributed by atoms with Crippen molar-refractivity contribution in [3.8, 4) is 0 Å². The van der Waals surface area contributed by atoms with Crippen molar-refractivity contribution in [1.82, 2.24) is 15.2 Å². The van der Waals surface area contributed by atoms with Crippen LogP contribution in [0.4, 0.5) is 0 Å². The number of nitrogens with zero attached hydrogens (tertiary/aromatic N) is 2. The number of hydrogen-bond acceptors (Lipinski definition) is 3. The fraction of sp³-hybridized carbons (Fsp3) is 0.435. The van der Waals surface area contributed by atoms with E-state index in [1.165, 1.54) is 11.1 Å². The Morgan fingerprint density at radius 3 is 2.64 bits per heavy atom. The van der Waals surface area contributed by atoms with Gasteiger partial charge >= 0.3 is 0 Å². The van der Waals surface area contributed by atoms with Crippen LogP contribution in [0.1, 0.15) is 48.4 Å². The summed E-state index contributed by atoms with van der Waals surface area (Å²) in [6.07, 6.45) is 7.07. The smallest absolute Gasteiger partial charge is 0.226 e. The molecule has 1 saturated carbocycles. The van der Waals surface area contributed by atoms with Crippen LogP contribution in [-0.2, 0) is 16.1 Å². The quantitative estimate of drug-likeness (QED) is 0.869. The van der Waals surface area contributed by atoms with Crippen molar-refractivity contribution >= 4 is 11.8 Å². The summed E-state index contributed by atoms with van der Waals surface area (Å²) in [5, 5.41) is 3.02. The van der Waals surface area contributed by atoms with Crippen LogP contribution < -0.4 is 5.32 Å². The maximum atomic E-state index is 13.0. The molecule has 1 N–H and O–H groups in total. The van der Waals surface area contributed by atoms with Gasteiger partial charge < -0.3 is 10.2 Å². The molecule has 2 heterocycles. The van der Waals surface area contributed by atoms with Gasteiger partial charge in [-0.1, -0.05) is 35.9 Å². The first-order valence-electron chi connectivity index (χ1n) is 10.2. The van der Waals surface area contributed by atoms with Gasteiger partial charge in [0.25, 0.3) is 0 Å². The van der Waals surface area contributed by atoms with Crippen LogP contribution in [0.2, 0.25) is 0 Å². The van der Waals surface area contributed by atoms with Gasteiger partial charge in [0.15, 0.2) is 0 Å². The molecule has 1 aliphatic heterocycles. The fourth-order valence-corrected chi connectivity index (χ4v) is 4.05. The molecule has 0 unspecified atom stereocenters. The van der Waals surface area contributed by atoms with Gasteiger partial charge in [-0.15, -0.1) is 0 Å². The van der Waals surface area contributed by atoms with Crippen LogP contribution in [0.15, 0.2) is 48.8 Å². The Balaban J connectivity index is 1.45. The van der Waals surface area contributed by atoms with Gasteiger partial charge in [-0.05, 0) is 49.8 Å². The summed E-state index contributed by atoms with van der Waals surface area (Å²) in [6, 6.07) is 12.3. The molecule has 1 aromatic heterocycles. The number of pyridine rings is 1. The number of rotatable bonds is 5. The number of hydrogen-bond donors (Lipinski definition) is 1. The standard InChI is InChI=1S/C23H27N3O2/c1-16-4-2-6-19(12-16)21-10-9-20(15-26(21)23(28)18-7-8-18)22(27)25-14-17-5-3-11-24-13-17/h2-6,11-13,18,20-21H,7-10,14-15H2,1H3,(H,25,27)/t20-,21-/m1/s1. The summed E-state index contributed by atoms with van der Waals surface area (Å²) in [5.41, 5.74) is 3.37. The number of carbonyl (C=O) groups is 2. The van der Waals surface area contributed by atoms with E-state index in [9.17, 15) is 9.59 Å². The second-order valence-corrected chi connectivity index (χ2v) is 8.05. The molecule has 2 aromatic rings. The lowest BCUT2D eigenvalue weighted by Crippen LogP contribution is -2.47. The zero-order chi connectivity index (χ0) is 19.5. The molecule has 28 heavy (non-hydrogen) atoms. The molecule has 5 nitrogen and oxygen atoms in total. The lowest BCUT2D eigenvalue weighted by Gasteiger charge is -2.40. The van der Waals surface area contributed by atoms with Crippen LogP contribution >= 0.6 is 0 Å². The third-order valence-corrected chi connectivity index (χ3v) is 5.78. The van der Waals surface area contributed by atoms with Crippen molar-refractivity contribution in [2.75, 3.05) is 6.54 Å². The maximum Gasteiger partial charge on any atom is 0.226 e. The number of aromatic nitrogens is 1. The van der Waals surface area contributed by atoms with Gasteiger partial charge in [0.05, 0.1) is 12.0 Å². The summed E-state index contributed by atoms with van der Waals surface area (Å²) in [7, 11) is 0. The maximum absolute atomic E-state index is 13.0. The SMILES string of the molecule is Cc1cccc([C@H]2CC[C@@H](C(=O)NCc3cccnc3)CN2C(=O)C2CC2)c1. The minimum atomic E-state index is -0.152. The third-order valence-electron chi connectivity index (χ3n) is 5.78. The van der Waals surface area contributed by atoms with E-state index in [-0.39, 0.29) is 29.7 Å². The average Bonchev–Trinajstić information content (AvgIpc) is 3.57. The summed E-state index contributed by atoms with van der Waals surface area (Å²) >= 11 is 0. The normalized spacial score (nSPS) is 22.0. The topological polar surface area (TPSA) is 62.3 Å². The molecule has 2 atom stereocenters. The molecular formula is C23H27N3O2. The van der Waals surface area contributed by atoms with Gasteiger partial charge in [-0.3, -0.25) is 14.6 Å². The highest BCUT2D eigenvalue weighted by Gasteiger charge is 2.41. The highest BCUT2D eigenvalue weighted by atomic mass is 16.2. The van der Waals surface area contributed by atoms with Crippen molar-refractivity contribution in [2.24, 2.45) is 11.8 Å². The van der Waals surface area contributed by atoms with Gasteiger partial charge in [-0.25, -0.2) is 0 Å². The molecule has 146 valence electrons. The van der Waals surface area contributed by atoms with E-state index in [1.807, 2.05) is 17.0 Å². The van der Waals surface area contributed by atoms with E-state index in [4.69, 9.17) is 0 Å². The molecular weight excluding hydrogens is 350 g/mol. The zero-order valence-corrected chi connectivity index (χ0v) is 16.3. The van der Waals surface area contributed by atoms with Crippen molar-refractivity contribution in [1.29, 1.82) is 0 Å². The number of benzene rings is 1. The van der Waals surface area contributed by atoms with Crippen molar-refractivity contribution in [3.63, 3.8) is 0 Å². The van der Waals surface area contributed by atoms with E-state index in [1.54, 1.807) is 12.4 Å². The van der Waals surface area contributed by atoms with E-state index < -0.39 is 0 Å². The van der Waals surface area contributed by atoms with E-state index in [0.717, 1.165) is 31.2 Å². The van der Waals surface area contributed by atoms with Gasteiger partial charge in [0.2, 0.25) is 11.8 Å². The minimum Gasteiger partial charge on any atom is -0.352 e. The highest BCUT2D eigenvalue weighted by molar-refractivity contribution is 5.84. The van der Waals surface area contributed by atoms with Crippen molar-refractivity contribution in [2.45, 2.75) is 45.2 Å². The Bertz CT molecular complexity index is 848. The lowest BCUT2D eigenvalue weighted by atomic mass is 9.87. The molecule has 2 aliphatic rings. The number of nitrogens with one attached hydrogen (secondary N) is 1. The largest absolute Gasteiger partial charge is 0.352 e. The molecule has 2 fully saturated rings. The number of carbonyl (C=O) groups excluding carboxylic acids is 2. The zero-order valence-electron chi connectivity index (χ0n) is 16.3. The number of amides is 2. The summed E-state index contributed by atoms with van der Waals surface area (Å²) in [4.78, 5) is 31.8. The number of aryl methyl sites for hydroxylation is 1. The first kappa shape index (κ1) is 18.7. The van der Waals surface area contributed by atoms with Gasteiger partial charge in [0, 0.05) is 31.4 Å². The fourth-order valence-electron chi connectivity index (χ4n) is 4.05. The summed E-state index contributed by atoms with van der Waals surface area (Å²) in [5.74, 6) is 0.251. The predicted octanol–water partition coefficient (Wildman–Crippen LogP) is 3.40. The van der Waals surface area contributed by atoms with Crippen molar-refractivity contribution < 1.29 is 9.59 Å². The minimum absolute atomic E-state index is 0.0279. The molecule has 1 aromatic carbocycles. The number of likely N-dealkylation sites (tertiary alicyclic amines) is 1. The van der Waals surface area contributed by atoms with E-state index in [0.29, 0.717) is 13.1 Å². The first-order valence-corrected chi connectivity index (χ1v) is 10.2. The molecule has 2 amide bonds. The monoisotopic (exact) mass is 377 g/mol. The molecule has 0 radical (unpaired) electrons. The van der Waals surface area contributed by atoms with Crippen LogP contribution in [0.3, 0.4) is 0 Å². The molecule has 4 rings (SSSR count). The molecule has 1 aliphatic carbocycles. The van der Waals surface area contributed by atoms with Crippen LogP contribution in [0.5, 0.6) is 0 Å². The van der Waals surface area contributed by atoms with E-state index >= 15 is 0 Å². The summed E-state index contributed by atoms with van der Waals surface area (Å²) in [6.45, 7) is 3.06. The Morgan fingerprint density at radius 2 is 1.93 bits per heavy atom. The Hall–Kier alpha value is -2.69. The van der Waals surface area contributed by atoms with Gasteiger partial charge in [-0.2, -0.15) is 0 Å². The Kier molecular flexibility index (Phi) is 5.42. The van der Waals surface area contributed by atoms with Crippen LogP contribution in [0.25, 0.3) is 0 Å². The second kappa shape index (κ2) is 8.13. The predicted molar refractivity (Wildman–Crippen MR) is 107 cm³/mol. The number of piperidine rings is 1. The Morgan fingerprint density at radius 1 is 1.11 bits per heavy atom. The molecule has 0 spiro atoms. The first-order chi connectivity index (χ1) is 13.6. The average molecular weight is 377 g/mol.